The van der Waals surface area contributed by atoms with E-state index >= 15 is 0 Å². The van der Waals surface area contributed by atoms with E-state index in [2.05, 4.69) is 30.4 Å². The maximum absolute atomic E-state index is 6.17. The van der Waals surface area contributed by atoms with Crippen LogP contribution in [0.3, 0.4) is 0 Å². The molecule has 134 valence electrons. The third-order valence-corrected chi connectivity index (χ3v) is 3.73. The van der Waals surface area contributed by atoms with Crippen LogP contribution in [0.5, 0.6) is 5.75 Å². The van der Waals surface area contributed by atoms with E-state index in [4.69, 9.17) is 16.3 Å². The van der Waals surface area contributed by atoms with E-state index in [1.807, 2.05) is 42.5 Å². The number of halogens is 3. The molecule has 6 heteroatoms. The fourth-order valence-electron chi connectivity index (χ4n) is 2.09. The van der Waals surface area contributed by atoms with Gasteiger partial charge >= 0.3 is 0 Å². The Morgan fingerprint density at radius 2 is 1.58 bits per heavy atom. The van der Waals surface area contributed by atoms with E-state index in [9.17, 15) is 0 Å². The molecule has 2 rings (SSSR count). The number of para-hydroxylation sites is 1. The summed E-state index contributed by atoms with van der Waals surface area (Å²) >= 11 is 6.17. The molecule has 0 fully saturated rings. The fraction of sp³-hybridized carbons (Fsp3) is 0.333. The molecule has 0 unspecified atom stereocenters. The molecule has 0 radical (unpaired) electrons. The smallest absolute Gasteiger partial charge is 0.124 e. The van der Waals surface area contributed by atoms with Crippen molar-refractivity contribution in [2.45, 2.75) is 13.2 Å². The lowest BCUT2D eigenvalue weighted by atomic mass is 10.2. The first kappa shape index (κ1) is 23.0. The van der Waals surface area contributed by atoms with Gasteiger partial charge in [-0.3, -0.25) is 0 Å². The SMILES string of the molecule is CN(C)CCNCc1ccccc1OCc1ccccc1Cl.Cl.Cl. The van der Waals surface area contributed by atoms with E-state index in [0.29, 0.717) is 6.61 Å². The van der Waals surface area contributed by atoms with Gasteiger partial charge in [0.05, 0.1) is 0 Å². The Labute approximate surface area is 162 Å². The molecular weight excluding hydrogens is 367 g/mol. The summed E-state index contributed by atoms with van der Waals surface area (Å²) in [4.78, 5) is 2.16. The van der Waals surface area contributed by atoms with Crippen molar-refractivity contribution < 1.29 is 4.74 Å². The standard InChI is InChI=1S/C18H23ClN2O.2ClH/c1-21(2)12-11-20-13-15-7-4-6-10-18(15)22-14-16-8-3-5-9-17(16)19;;/h3-10,20H,11-14H2,1-2H3;2*1H. The van der Waals surface area contributed by atoms with Crippen LogP contribution in [-0.4, -0.2) is 32.1 Å². The third-order valence-electron chi connectivity index (χ3n) is 3.36. The summed E-state index contributed by atoms with van der Waals surface area (Å²) in [5.74, 6) is 0.903. The Bertz CT molecular complexity index is 594. The molecule has 0 aliphatic heterocycles. The van der Waals surface area contributed by atoms with Crippen molar-refractivity contribution in [2.75, 3.05) is 27.2 Å². The lowest BCUT2D eigenvalue weighted by Crippen LogP contribution is -2.26. The number of benzene rings is 2. The molecule has 24 heavy (non-hydrogen) atoms. The van der Waals surface area contributed by atoms with Gasteiger partial charge in [-0.2, -0.15) is 0 Å². The second-order valence-electron chi connectivity index (χ2n) is 5.47. The highest BCUT2D eigenvalue weighted by molar-refractivity contribution is 6.31. The van der Waals surface area contributed by atoms with E-state index in [-0.39, 0.29) is 24.8 Å². The molecule has 2 aromatic carbocycles. The van der Waals surface area contributed by atoms with Crippen LogP contribution in [0, 0.1) is 0 Å². The Morgan fingerprint density at radius 3 is 2.25 bits per heavy atom. The lowest BCUT2D eigenvalue weighted by Gasteiger charge is -2.14. The second kappa shape index (κ2) is 12.4. The van der Waals surface area contributed by atoms with E-state index < -0.39 is 0 Å². The number of ether oxygens (including phenoxy) is 1. The van der Waals surface area contributed by atoms with Crippen LogP contribution in [0.1, 0.15) is 11.1 Å². The normalized spacial score (nSPS) is 10.0. The van der Waals surface area contributed by atoms with Crippen LogP contribution in [0.4, 0.5) is 0 Å². The van der Waals surface area contributed by atoms with Crippen molar-refractivity contribution in [3.63, 3.8) is 0 Å². The van der Waals surface area contributed by atoms with Crippen LogP contribution in [0.25, 0.3) is 0 Å². The van der Waals surface area contributed by atoms with Gasteiger partial charge in [-0.25, -0.2) is 0 Å². The summed E-state index contributed by atoms with van der Waals surface area (Å²) in [6, 6.07) is 15.9. The quantitative estimate of drug-likeness (QED) is 0.674. The summed E-state index contributed by atoms with van der Waals surface area (Å²) in [5.41, 5.74) is 2.16. The van der Waals surface area contributed by atoms with Crippen molar-refractivity contribution in [3.05, 3.63) is 64.7 Å². The molecule has 0 spiro atoms. The largest absolute Gasteiger partial charge is 0.489 e. The molecule has 0 aromatic heterocycles. The van der Waals surface area contributed by atoms with Gasteiger partial charge in [0.15, 0.2) is 0 Å². The molecule has 0 aliphatic carbocycles. The predicted octanol–water partition coefficient (Wildman–Crippen LogP) is 4.41. The number of nitrogens with zero attached hydrogens (tertiary/aromatic N) is 1. The molecule has 0 bridgehead atoms. The first-order valence-electron chi connectivity index (χ1n) is 7.46. The number of hydrogen-bond acceptors (Lipinski definition) is 3. The average molecular weight is 392 g/mol. The minimum absolute atomic E-state index is 0. The summed E-state index contributed by atoms with van der Waals surface area (Å²) in [7, 11) is 4.14. The Morgan fingerprint density at radius 1 is 0.958 bits per heavy atom. The maximum atomic E-state index is 6.17. The van der Waals surface area contributed by atoms with E-state index in [1.165, 1.54) is 0 Å². The lowest BCUT2D eigenvalue weighted by molar-refractivity contribution is 0.302. The molecule has 3 nitrogen and oxygen atoms in total. The number of rotatable bonds is 8. The summed E-state index contributed by atoms with van der Waals surface area (Å²) < 4.78 is 5.95. The summed E-state index contributed by atoms with van der Waals surface area (Å²) in [6.45, 7) is 3.25. The van der Waals surface area contributed by atoms with Crippen LogP contribution in [0.2, 0.25) is 5.02 Å². The van der Waals surface area contributed by atoms with Gasteiger partial charge in [0.1, 0.15) is 12.4 Å². The van der Waals surface area contributed by atoms with E-state index in [1.54, 1.807) is 0 Å². The van der Waals surface area contributed by atoms with Gasteiger partial charge in [-0.05, 0) is 26.2 Å². The van der Waals surface area contributed by atoms with Gasteiger partial charge in [0.2, 0.25) is 0 Å². The fourth-order valence-corrected chi connectivity index (χ4v) is 2.28. The minimum atomic E-state index is 0. The molecule has 0 heterocycles. The van der Waals surface area contributed by atoms with Crippen LogP contribution in [-0.2, 0) is 13.2 Å². The van der Waals surface area contributed by atoms with Crippen molar-refractivity contribution in [1.29, 1.82) is 0 Å². The van der Waals surface area contributed by atoms with E-state index in [0.717, 1.165) is 41.5 Å². The zero-order valence-electron chi connectivity index (χ0n) is 14.0. The highest BCUT2D eigenvalue weighted by Gasteiger charge is 2.05. The zero-order chi connectivity index (χ0) is 15.8. The Kier molecular flexibility index (Phi) is 11.9. The van der Waals surface area contributed by atoms with Gasteiger partial charge in [-0.1, -0.05) is 48.0 Å². The van der Waals surface area contributed by atoms with Gasteiger partial charge in [0, 0.05) is 35.8 Å². The molecule has 0 saturated carbocycles. The molecular formula is C18H25Cl3N2O. The Hall–Kier alpha value is -0.970. The van der Waals surface area contributed by atoms with Crippen molar-refractivity contribution in [1.82, 2.24) is 10.2 Å². The molecule has 0 atom stereocenters. The van der Waals surface area contributed by atoms with Crippen molar-refractivity contribution in [3.8, 4) is 5.75 Å². The highest BCUT2D eigenvalue weighted by Crippen LogP contribution is 2.21. The first-order valence-corrected chi connectivity index (χ1v) is 7.84. The van der Waals surface area contributed by atoms with Gasteiger partial charge < -0.3 is 15.0 Å². The molecule has 0 amide bonds. The monoisotopic (exact) mass is 390 g/mol. The molecule has 0 saturated heterocycles. The van der Waals surface area contributed by atoms with Crippen LogP contribution < -0.4 is 10.1 Å². The first-order chi connectivity index (χ1) is 10.7. The zero-order valence-corrected chi connectivity index (χ0v) is 16.4. The number of likely N-dealkylation sites (N-methyl/N-ethyl adjacent to an activating group) is 1. The predicted molar refractivity (Wildman–Crippen MR) is 107 cm³/mol. The summed E-state index contributed by atoms with van der Waals surface area (Å²) in [5, 5.41) is 4.18. The second-order valence-corrected chi connectivity index (χ2v) is 5.88. The topological polar surface area (TPSA) is 24.5 Å². The third kappa shape index (κ3) is 7.73. The van der Waals surface area contributed by atoms with Gasteiger partial charge in [0.25, 0.3) is 0 Å². The average Bonchev–Trinajstić information content (AvgIpc) is 2.51. The molecule has 2 aromatic rings. The van der Waals surface area contributed by atoms with Crippen molar-refractivity contribution >= 4 is 36.4 Å². The highest BCUT2D eigenvalue weighted by atomic mass is 35.5. The molecule has 0 aliphatic rings. The van der Waals surface area contributed by atoms with Crippen molar-refractivity contribution in [2.24, 2.45) is 0 Å². The van der Waals surface area contributed by atoms with Crippen LogP contribution >= 0.6 is 36.4 Å². The summed E-state index contributed by atoms with van der Waals surface area (Å²) in [6.07, 6.45) is 0. The van der Waals surface area contributed by atoms with Crippen LogP contribution in [0.15, 0.2) is 48.5 Å². The number of nitrogens with one attached hydrogen (secondary N) is 1. The minimum Gasteiger partial charge on any atom is -0.489 e. The molecule has 1 N–H and O–H groups in total. The number of hydrogen-bond donors (Lipinski definition) is 1. The van der Waals surface area contributed by atoms with Gasteiger partial charge in [-0.15, -0.1) is 24.8 Å². The maximum Gasteiger partial charge on any atom is 0.124 e. The Balaban J connectivity index is 0.00000264.